The summed E-state index contributed by atoms with van der Waals surface area (Å²) in [6, 6.07) is 5.44. The van der Waals surface area contributed by atoms with Crippen molar-refractivity contribution in [3.05, 3.63) is 21.9 Å². The molecule has 1 N–H and O–H groups in total. The lowest BCUT2D eigenvalue weighted by Gasteiger charge is -2.29. The largest absolute Gasteiger partial charge is 0.309 e. The van der Waals surface area contributed by atoms with Crippen molar-refractivity contribution in [3.8, 4) is 0 Å². The van der Waals surface area contributed by atoms with Crippen molar-refractivity contribution in [3.63, 3.8) is 0 Å². The van der Waals surface area contributed by atoms with E-state index in [2.05, 4.69) is 41.0 Å². The highest BCUT2D eigenvalue weighted by molar-refractivity contribution is 7.99. The van der Waals surface area contributed by atoms with E-state index in [1.807, 2.05) is 11.3 Å². The maximum absolute atomic E-state index is 3.59. The zero-order chi connectivity index (χ0) is 12.4. The number of hydrogen-bond acceptors (Lipinski definition) is 4. The van der Waals surface area contributed by atoms with Gasteiger partial charge in [0.05, 0.1) is 0 Å². The van der Waals surface area contributed by atoms with E-state index in [0.29, 0.717) is 0 Å². The first-order chi connectivity index (χ1) is 8.79. The van der Waals surface area contributed by atoms with Crippen molar-refractivity contribution >= 4 is 23.1 Å². The van der Waals surface area contributed by atoms with E-state index >= 15 is 0 Å². The Balaban J connectivity index is 1.49. The van der Waals surface area contributed by atoms with Crippen LogP contribution >= 0.6 is 23.1 Å². The predicted octanol–water partition coefficient (Wildman–Crippen LogP) is 2.94. The van der Waals surface area contributed by atoms with E-state index in [1.54, 1.807) is 0 Å². The highest BCUT2D eigenvalue weighted by Crippen LogP contribution is 2.24. The monoisotopic (exact) mass is 282 g/mol. The number of thioether (sulfide) groups is 1. The molecule has 2 heterocycles. The van der Waals surface area contributed by atoms with Crippen molar-refractivity contribution in [1.82, 2.24) is 10.2 Å². The molecule has 2 fully saturated rings. The van der Waals surface area contributed by atoms with E-state index in [4.69, 9.17) is 0 Å². The molecule has 1 aliphatic carbocycles. The van der Waals surface area contributed by atoms with Crippen LogP contribution in [0.2, 0.25) is 0 Å². The molecule has 3 rings (SSSR count). The number of thiophene rings is 1. The third kappa shape index (κ3) is 3.73. The number of nitrogens with one attached hydrogen (secondary N) is 1. The minimum Gasteiger partial charge on any atom is -0.309 e. The van der Waals surface area contributed by atoms with Gasteiger partial charge in [-0.15, -0.1) is 11.3 Å². The van der Waals surface area contributed by atoms with E-state index in [0.717, 1.165) is 24.4 Å². The maximum Gasteiger partial charge on any atom is 0.0328 e. The van der Waals surface area contributed by atoms with Crippen molar-refractivity contribution < 1.29 is 0 Å². The van der Waals surface area contributed by atoms with Gasteiger partial charge in [0.25, 0.3) is 0 Å². The van der Waals surface area contributed by atoms with E-state index in [-0.39, 0.29) is 0 Å². The molecule has 0 amide bonds. The SMILES string of the molecule is CC1CN(Cc2ccc(CNC3CC3)s2)CCS1. The van der Waals surface area contributed by atoms with Crippen LogP contribution in [0.15, 0.2) is 12.1 Å². The van der Waals surface area contributed by atoms with Crippen LogP contribution in [0, 0.1) is 0 Å². The van der Waals surface area contributed by atoms with Crippen LogP contribution in [-0.4, -0.2) is 35.0 Å². The Kier molecular flexibility index (Phi) is 4.29. The van der Waals surface area contributed by atoms with Crippen molar-refractivity contribution in [1.29, 1.82) is 0 Å². The van der Waals surface area contributed by atoms with Crippen LogP contribution in [0.3, 0.4) is 0 Å². The predicted molar refractivity (Wildman–Crippen MR) is 81.4 cm³/mol. The molecule has 4 heteroatoms. The fourth-order valence-corrected chi connectivity index (χ4v) is 4.48. The highest BCUT2D eigenvalue weighted by atomic mass is 32.2. The average molecular weight is 282 g/mol. The third-order valence-corrected chi connectivity index (χ3v) is 5.77. The molecule has 0 bridgehead atoms. The lowest BCUT2D eigenvalue weighted by Crippen LogP contribution is -2.35. The normalized spacial score (nSPS) is 25.5. The van der Waals surface area contributed by atoms with Crippen LogP contribution in [0.1, 0.15) is 29.5 Å². The topological polar surface area (TPSA) is 15.3 Å². The summed E-state index contributed by atoms with van der Waals surface area (Å²) in [4.78, 5) is 5.63. The second-order valence-electron chi connectivity index (χ2n) is 5.44. The summed E-state index contributed by atoms with van der Waals surface area (Å²) in [6.07, 6.45) is 2.75. The summed E-state index contributed by atoms with van der Waals surface area (Å²) in [5, 5.41) is 4.39. The molecular weight excluding hydrogens is 260 g/mol. The van der Waals surface area contributed by atoms with Crippen LogP contribution in [0.5, 0.6) is 0 Å². The Morgan fingerprint density at radius 2 is 2.17 bits per heavy atom. The first-order valence-electron chi connectivity index (χ1n) is 6.94. The van der Waals surface area contributed by atoms with E-state index in [1.165, 1.54) is 41.4 Å². The third-order valence-electron chi connectivity index (χ3n) is 3.56. The summed E-state index contributed by atoms with van der Waals surface area (Å²) >= 11 is 4.09. The van der Waals surface area contributed by atoms with E-state index in [9.17, 15) is 0 Å². The van der Waals surface area contributed by atoms with Crippen LogP contribution in [0.4, 0.5) is 0 Å². The summed E-state index contributed by atoms with van der Waals surface area (Å²) in [7, 11) is 0. The van der Waals surface area contributed by atoms with Gasteiger partial charge in [-0.05, 0) is 25.0 Å². The zero-order valence-electron chi connectivity index (χ0n) is 11.0. The Morgan fingerprint density at radius 3 is 2.94 bits per heavy atom. The second-order valence-corrected chi connectivity index (χ2v) is 8.24. The Hall–Kier alpha value is -0.0300. The Morgan fingerprint density at radius 1 is 1.33 bits per heavy atom. The van der Waals surface area contributed by atoms with Crippen molar-refractivity contribution in [2.24, 2.45) is 0 Å². The highest BCUT2D eigenvalue weighted by Gasteiger charge is 2.20. The first kappa shape index (κ1) is 13.0. The molecule has 2 aliphatic rings. The molecule has 2 nitrogen and oxygen atoms in total. The molecule has 1 saturated carbocycles. The molecule has 100 valence electrons. The molecule has 0 radical (unpaired) electrons. The van der Waals surface area contributed by atoms with Gasteiger partial charge in [0.15, 0.2) is 0 Å². The van der Waals surface area contributed by atoms with Gasteiger partial charge in [0, 0.05) is 53.0 Å². The molecule has 1 saturated heterocycles. The lowest BCUT2D eigenvalue weighted by molar-refractivity contribution is 0.281. The van der Waals surface area contributed by atoms with Gasteiger partial charge in [-0.1, -0.05) is 6.92 Å². The summed E-state index contributed by atoms with van der Waals surface area (Å²) in [6.45, 7) is 7.07. The molecule has 1 aliphatic heterocycles. The van der Waals surface area contributed by atoms with Gasteiger partial charge in [0.1, 0.15) is 0 Å². The molecule has 1 aromatic rings. The molecule has 1 atom stereocenters. The zero-order valence-corrected chi connectivity index (χ0v) is 12.7. The average Bonchev–Trinajstić information content (AvgIpc) is 3.08. The van der Waals surface area contributed by atoms with Gasteiger partial charge in [-0.2, -0.15) is 11.8 Å². The maximum atomic E-state index is 3.59. The van der Waals surface area contributed by atoms with Gasteiger partial charge in [0.2, 0.25) is 0 Å². The number of hydrogen-bond donors (Lipinski definition) is 1. The molecule has 1 aromatic heterocycles. The summed E-state index contributed by atoms with van der Waals surface area (Å²) in [5.74, 6) is 1.29. The Bertz CT molecular complexity index is 387. The lowest BCUT2D eigenvalue weighted by atomic mass is 10.3. The molecule has 0 aromatic carbocycles. The second kappa shape index (κ2) is 5.95. The van der Waals surface area contributed by atoms with Crippen molar-refractivity contribution in [2.75, 3.05) is 18.8 Å². The van der Waals surface area contributed by atoms with Crippen LogP contribution in [0.25, 0.3) is 0 Å². The molecule has 0 spiro atoms. The first-order valence-corrected chi connectivity index (χ1v) is 8.81. The molecular formula is C14H22N2S2. The summed E-state index contributed by atoms with van der Waals surface area (Å²) in [5.41, 5.74) is 0. The fraction of sp³-hybridized carbons (Fsp3) is 0.714. The fourth-order valence-electron chi connectivity index (χ4n) is 2.39. The smallest absolute Gasteiger partial charge is 0.0328 e. The number of rotatable bonds is 5. The minimum absolute atomic E-state index is 0.801. The molecule has 1 unspecified atom stereocenters. The standard InChI is InChI=1S/C14H22N2S2/c1-11-9-16(6-7-17-11)10-14-5-4-13(18-14)8-15-12-2-3-12/h4-5,11-12,15H,2-3,6-10H2,1H3. The quantitative estimate of drug-likeness (QED) is 0.894. The molecule has 18 heavy (non-hydrogen) atoms. The van der Waals surface area contributed by atoms with Crippen LogP contribution < -0.4 is 5.32 Å². The van der Waals surface area contributed by atoms with Crippen LogP contribution in [-0.2, 0) is 13.1 Å². The summed E-state index contributed by atoms with van der Waals surface area (Å²) < 4.78 is 0. The van der Waals surface area contributed by atoms with Crippen molar-refractivity contribution in [2.45, 2.75) is 44.1 Å². The van der Waals surface area contributed by atoms with E-state index < -0.39 is 0 Å². The van der Waals surface area contributed by atoms with Gasteiger partial charge < -0.3 is 5.32 Å². The van der Waals surface area contributed by atoms with Gasteiger partial charge in [-0.3, -0.25) is 4.90 Å². The van der Waals surface area contributed by atoms with Gasteiger partial charge >= 0.3 is 0 Å². The van der Waals surface area contributed by atoms with Gasteiger partial charge in [-0.25, -0.2) is 0 Å². The Labute approximate surface area is 118 Å². The minimum atomic E-state index is 0.801. The number of nitrogens with zero attached hydrogens (tertiary/aromatic N) is 1.